The smallest absolute Gasteiger partial charge is 0.305 e. The first kappa shape index (κ1) is 14.9. The van der Waals surface area contributed by atoms with Gasteiger partial charge in [-0.3, -0.25) is 9.78 Å². The lowest BCUT2D eigenvalue weighted by molar-refractivity contribution is -0.137. The van der Waals surface area contributed by atoms with Gasteiger partial charge in [0.15, 0.2) is 0 Å². The molecule has 6 heteroatoms. The number of carbonyl (C=O) groups is 1. The van der Waals surface area contributed by atoms with Crippen LogP contribution in [-0.2, 0) is 4.79 Å². The first-order valence-corrected chi connectivity index (χ1v) is 7.16. The van der Waals surface area contributed by atoms with E-state index in [1.165, 1.54) is 0 Å². The largest absolute Gasteiger partial charge is 0.481 e. The molecule has 6 nitrogen and oxygen atoms in total. The highest BCUT2D eigenvalue weighted by Gasteiger charge is 2.10. The molecule has 1 atom stereocenters. The molecule has 0 spiro atoms. The molecule has 0 radical (unpaired) electrons. The number of hydrogen-bond acceptors (Lipinski definition) is 5. The molecule has 116 valence electrons. The molecule has 3 aromatic rings. The zero-order chi connectivity index (χ0) is 16.2. The third-order valence-corrected chi connectivity index (χ3v) is 3.56. The van der Waals surface area contributed by atoms with Crippen LogP contribution >= 0.6 is 0 Å². The second-order valence-corrected chi connectivity index (χ2v) is 5.21. The Hall–Kier alpha value is -2.99. The van der Waals surface area contributed by atoms with Crippen molar-refractivity contribution in [1.29, 1.82) is 0 Å². The molecular weight excluding hydrogens is 292 g/mol. The topological polar surface area (TPSA) is 101 Å². The molecule has 2 aromatic heterocycles. The van der Waals surface area contributed by atoms with Crippen LogP contribution in [0.2, 0.25) is 0 Å². The number of anilines is 2. The second-order valence-electron chi connectivity index (χ2n) is 5.21. The summed E-state index contributed by atoms with van der Waals surface area (Å²) in [6.45, 7) is 0. The summed E-state index contributed by atoms with van der Waals surface area (Å²) >= 11 is 0. The number of nitrogens with zero attached hydrogens (tertiary/aromatic N) is 2. The van der Waals surface area contributed by atoms with Crippen molar-refractivity contribution in [2.45, 2.75) is 12.5 Å². The van der Waals surface area contributed by atoms with Gasteiger partial charge < -0.3 is 16.2 Å². The van der Waals surface area contributed by atoms with Crippen LogP contribution in [-0.4, -0.2) is 21.0 Å². The number of aliphatic carboxylic acids is 1. The highest BCUT2D eigenvalue weighted by atomic mass is 16.4. The van der Waals surface area contributed by atoms with E-state index < -0.39 is 12.0 Å². The van der Waals surface area contributed by atoms with Gasteiger partial charge in [0.25, 0.3) is 0 Å². The van der Waals surface area contributed by atoms with Gasteiger partial charge in [0, 0.05) is 41.1 Å². The molecule has 3 rings (SSSR count). The van der Waals surface area contributed by atoms with E-state index in [-0.39, 0.29) is 6.42 Å². The third-order valence-electron chi connectivity index (χ3n) is 3.56. The van der Waals surface area contributed by atoms with E-state index in [2.05, 4.69) is 15.3 Å². The number of pyridine rings is 2. The molecule has 0 saturated heterocycles. The van der Waals surface area contributed by atoms with E-state index in [4.69, 9.17) is 10.8 Å². The van der Waals surface area contributed by atoms with Gasteiger partial charge in [0.2, 0.25) is 0 Å². The van der Waals surface area contributed by atoms with E-state index >= 15 is 0 Å². The maximum Gasteiger partial charge on any atom is 0.305 e. The van der Waals surface area contributed by atoms with Crippen LogP contribution in [0.1, 0.15) is 18.0 Å². The highest BCUT2D eigenvalue weighted by molar-refractivity contribution is 5.92. The minimum atomic E-state index is -0.909. The zero-order valence-electron chi connectivity index (χ0n) is 12.3. The van der Waals surface area contributed by atoms with Gasteiger partial charge in [0.05, 0.1) is 6.42 Å². The van der Waals surface area contributed by atoms with Gasteiger partial charge in [-0.05, 0) is 29.8 Å². The molecule has 0 saturated carbocycles. The molecule has 0 aliphatic rings. The number of benzene rings is 1. The molecule has 0 bridgehead atoms. The minimum absolute atomic E-state index is 0.0926. The normalized spacial score (nSPS) is 12.0. The molecule has 1 aromatic carbocycles. The Bertz CT molecular complexity index is 828. The number of fused-ring (bicyclic) bond motifs is 1. The van der Waals surface area contributed by atoms with Gasteiger partial charge in [-0.1, -0.05) is 12.1 Å². The summed E-state index contributed by atoms with van der Waals surface area (Å²) < 4.78 is 0. The number of nitrogens with one attached hydrogen (secondary N) is 1. The van der Waals surface area contributed by atoms with Gasteiger partial charge in [-0.15, -0.1) is 0 Å². The monoisotopic (exact) mass is 308 g/mol. The van der Waals surface area contributed by atoms with Crippen LogP contribution in [0.5, 0.6) is 0 Å². The molecule has 0 unspecified atom stereocenters. The molecule has 0 aliphatic carbocycles. The van der Waals surface area contributed by atoms with Crippen molar-refractivity contribution in [2.24, 2.45) is 5.73 Å². The van der Waals surface area contributed by atoms with Crippen LogP contribution < -0.4 is 11.1 Å². The van der Waals surface area contributed by atoms with Gasteiger partial charge >= 0.3 is 5.97 Å². The average Bonchev–Trinajstić information content (AvgIpc) is 2.55. The molecule has 0 amide bonds. The van der Waals surface area contributed by atoms with Crippen molar-refractivity contribution < 1.29 is 9.90 Å². The lowest BCUT2D eigenvalue weighted by atomic mass is 10.0. The zero-order valence-corrected chi connectivity index (χ0v) is 12.3. The van der Waals surface area contributed by atoms with Gasteiger partial charge in [-0.2, -0.15) is 0 Å². The van der Waals surface area contributed by atoms with Crippen LogP contribution in [0.25, 0.3) is 10.8 Å². The lowest BCUT2D eigenvalue weighted by Crippen LogP contribution is -2.14. The Balaban J connectivity index is 1.81. The summed E-state index contributed by atoms with van der Waals surface area (Å²) in [7, 11) is 0. The summed E-state index contributed by atoms with van der Waals surface area (Å²) in [5.74, 6) is -0.166. The Morgan fingerprint density at radius 1 is 1.17 bits per heavy atom. The fourth-order valence-electron chi connectivity index (χ4n) is 2.37. The van der Waals surface area contributed by atoms with E-state index in [0.29, 0.717) is 0 Å². The molecule has 23 heavy (non-hydrogen) atoms. The molecular formula is C17H16N4O2. The lowest BCUT2D eigenvalue weighted by Gasteiger charge is -2.12. The molecule has 2 heterocycles. The van der Waals surface area contributed by atoms with Crippen LogP contribution in [0.4, 0.5) is 11.5 Å². The SMILES string of the molecule is N[C@H](CC(=O)O)c1ccc(Nc2nccc3cnccc23)cc1. The second kappa shape index (κ2) is 6.41. The number of nitrogens with two attached hydrogens (primary N) is 1. The Kier molecular flexibility index (Phi) is 4.16. The maximum atomic E-state index is 10.7. The summed E-state index contributed by atoms with van der Waals surface area (Å²) in [4.78, 5) is 19.2. The summed E-state index contributed by atoms with van der Waals surface area (Å²) in [6, 6.07) is 10.7. The van der Waals surface area contributed by atoms with Gasteiger partial charge in [-0.25, -0.2) is 4.98 Å². The summed E-state index contributed by atoms with van der Waals surface area (Å²) in [6.07, 6.45) is 5.15. The highest BCUT2D eigenvalue weighted by Crippen LogP contribution is 2.24. The molecule has 0 fully saturated rings. The molecule has 0 aliphatic heterocycles. The number of rotatable bonds is 5. The van der Waals surface area contributed by atoms with E-state index in [0.717, 1.165) is 27.8 Å². The Morgan fingerprint density at radius 2 is 1.96 bits per heavy atom. The van der Waals surface area contributed by atoms with Crippen molar-refractivity contribution in [3.63, 3.8) is 0 Å². The predicted molar refractivity (Wildman–Crippen MR) is 88.4 cm³/mol. The van der Waals surface area contributed by atoms with Gasteiger partial charge in [0.1, 0.15) is 5.82 Å². The van der Waals surface area contributed by atoms with Crippen molar-refractivity contribution >= 4 is 28.2 Å². The van der Waals surface area contributed by atoms with Crippen LogP contribution in [0.15, 0.2) is 55.0 Å². The van der Waals surface area contributed by atoms with Crippen molar-refractivity contribution in [3.05, 3.63) is 60.6 Å². The van der Waals surface area contributed by atoms with Crippen LogP contribution in [0, 0.1) is 0 Å². The fraction of sp³-hybridized carbons (Fsp3) is 0.118. The van der Waals surface area contributed by atoms with Crippen molar-refractivity contribution in [1.82, 2.24) is 9.97 Å². The summed E-state index contributed by atoms with van der Waals surface area (Å²) in [5, 5.41) is 14.0. The average molecular weight is 308 g/mol. The van der Waals surface area contributed by atoms with Crippen LogP contribution in [0.3, 0.4) is 0 Å². The van der Waals surface area contributed by atoms with Crippen molar-refractivity contribution in [3.8, 4) is 0 Å². The Labute approximate surface area is 133 Å². The number of carboxylic acid groups (broad SMARTS) is 1. The quantitative estimate of drug-likeness (QED) is 0.670. The van der Waals surface area contributed by atoms with Crippen molar-refractivity contribution in [2.75, 3.05) is 5.32 Å². The maximum absolute atomic E-state index is 10.7. The minimum Gasteiger partial charge on any atom is -0.481 e. The van der Waals surface area contributed by atoms with E-state index in [1.807, 2.05) is 36.4 Å². The standard InChI is InChI=1S/C17H16N4O2/c18-15(9-16(22)23)11-1-3-13(4-2-11)21-17-14-6-7-19-10-12(14)5-8-20-17/h1-8,10,15H,9,18H2,(H,20,21)(H,22,23)/t15-/m1/s1. The predicted octanol–water partition coefficient (Wildman–Crippen LogP) is 2.85. The fourth-order valence-corrected chi connectivity index (χ4v) is 2.37. The number of aromatic nitrogens is 2. The molecule has 4 N–H and O–H groups in total. The Morgan fingerprint density at radius 3 is 2.70 bits per heavy atom. The number of carboxylic acids is 1. The third kappa shape index (κ3) is 3.44. The van der Waals surface area contributed by atoms with E-state index in [1.54, 1.807) is 18.6 Å². The number of hydrogen-bond donors (Lipinski definition) is 3. The first-order valence-electron chi connectivity index (χ1n) is 7.16. The first-order chi connectivity index (χ1) is 11.1. The summed E-state index contributed by atoms with van der Waals surface area (Å²) in [5.41, 5.74) is 7.49. The van der Waals surface area contributed by atoms with E-state index in [9.17, 15) is 4.79 Å².